The Balaban J connectivity index is 1.32. The molecule has 1 unspecified atom stereocenters. The molecule has 0 spiro atoms. The van der Waals surface area contributed by atoms with E-state index in [-0.39, 0.29) is 25.1 Å². The van der Waals surface area contributed by atoms with Gasteiger partial charge in [0.05, 0.1) is 13.0 Å². The highest BCUT2D eigenvalue weighted by molar-refractivity contribution is 5.72. The molecule has 1 aliphatic rings. The predicted octanol–water partition coefficient (Wildman–Crippen LogP) is 4.35. The van der Waals surface area contributed by atoms with Gasteiger partial charge in [0.15, 0.2) is 5.76 Å². The van der Waals surface area contributed by atoms with Crippen LogP contribution < -0.4 is 9.47 Å². The second-order valence-electron chi connectivity index (χ2n) is 7.05. The Morgan fingerprint density at radius 2 is 2.00 bits per heavy atom. The van der Waals surface area contributed by atoms with Crippen LogP contribution in [0.3, 0.4) is 0 Å². The number of carbonyl (C=O) groups is 1. The zero-order chi connectivity index (χ0) is 20.2. The van der Waals surface area contributed by atoms with Crippen LogP contribution in [0.5, 0.6) is 11.5 Å². The van der Waals surface area contributed by atoms with Gasteiger partial charge in [0.1, 0.15) is 29.9 Å². The molecule has 0 N–H and O–H groups in total. The maximum absolute atomic E-state index is 12.1. The number of carbonyl (C=O) groups excluding carboxylic acids is 1. The van der Waals surface area contributed by atoms with Gasteiger partial charge in [0.25, 0.3) is 0 Å². The van der Waals surface area contributed by atoms with E-state index in [0.717, 1.165) is 34.6 Å². The van der Waals surface area contributed by atoms with Gasteiger partial charge in [-0.15, -0.1) is 0 Å². The third-order valence-electron chi connectivity index (χ3n) is 4.70. The van der Waals surface area contributed by atoms with Gasteiger partial charge < -0.3 is 18.7 Å². The fourth-order valence-corrected chi connectivity index (χ4v) is 3.33. The van der Waals surface area contributed by atoms with E-state index in [1.807, 2.05) is 50.2 Å². The number of hydrogen-bond acceptors (Lipinski definition) is 6. The molecule has 1 aromatic heterocycles. The fraction of sp³-hybridized carbons (Fsp3) is 0.304. The molecule has 0 saturated carbocycles. The minimum absolute atomic E-state index is 0.0739. The van der Waals surface area contributed by atoms with Crippen molar-refractivity contribution in [3.8, 4) is 22.8 Å². The summed E-state index contributed by atoms with van der Waals surface area (Å²) in [7, 11) is 0. The Hall–Kier alpha value is -3.28. The van der Waals surface area contributed by atoms with Crippen molar-refractivity contribution < 1.29 is 23.5 Å². The number of nitrogens with zero attached hydrogens (tertiary/aromatic N) is 1. The number of aromatic nitrogens is 1. The molecular formula is C23H23NO5. The molecule has 150 valence electrons. The van der Waals surface area contributed by atoms with Crippen LogP contribution >= 0.6 is 0 Å². The van der Waals surface area contributed by atoms with E-state index >= 15 is 0 Å². The molecule has 6 nitrogen and oxygen atoms in total. The SMILES string of the molecule is CCOc1ccc(CC(=O)OCc2cc(-c3ccc4c(c3)CC(C)O4)on2)cc1. The molecule has 2 aromatic carbocycles. The molecule has 6 heteroatoms. The molecule has 29 heavy (non-hydrogen) atoms. The van der Waals surface area contributed by atoms with Crippen LogP contribution in [-0.2, 0) is 29.0 Å². The van der Waals surface area contributed by atoms with Gasteiger partial charge in [-0.1, -0.05) is 17.3 Å². The van der Waals surface area contributed by atoms with Gasteiger partial charge in [-0.2, -0.15) is 0 Å². The van der Waals surface area contributed by atoms with Crippen LogP contribution in [0.25, 0.3) is 11.3 Å². The van der Waals surface area contributed by atoms with Crippen molar-refractivity contribution in [2.75, 3.05) is 6.61 Å². The lowest BCUT2D eigenvalue weighted by Gasteiger charge is -2.05. The maximum atomic E-state index is 12.1. The lowest BCUT2D eigenvalue weighted by Crippen LogP contribution is -2.08. The quantitative estimate of drug-likeness (QED) is 0.556. The Bertz CT molecular complexity index is 993. The summed E-state index contributed by atoms with van der Waals surface area (Å²) >= 11 is 0. The van der Waals surface area contributed by atoms with Crippen molar-refractivity contribution >= 4 is 5.97 Å². The Kier molecular flexibility index (Phi) is 5.51. The van der Waals surface area contributed by atoms with Crippen molar-refractivity contribution in [3.63, 3.8) is 0 Å². The van der Waals surface area contributed by atoms with Gasteiger partial charge in [0, 0.05) is 18.1 Å². The highest BCUT2D eigenvalue weighted by Crippen LogP contribution is 2.33. The van der Waals surface area contributed by atoms with Crippen molar-refractivity contribution in [2.24, 2.45) is 0 Å². The highest BCUT2D eigenvalue weighted by atomic mass is 16.5. The predicted molar refractivity (Wildman–Crippen MR) is 107 cm³/mol. The van der Waals surface area contributed by atoms with Gasteiger partial charge in [0.2, 0.25) is 0 Å². The van der Waals surface area contributed by atoms with Crippen LogP contribution in [0.2, 0.25) is 0 Å². The molecular weight excluding hydrogens is 370 g/mol. The first kappa shape index (κ1) is 19.1. The molecule has 2 heterocycles. The summed E-state index contributed by atoms with van der Waals surface area (Å²) < 4.78 is 21.9. The average Bonchev–Trinajstić information content (AvgIpc) is 3.33. The van der Waals surface area contributed by atoms with E-state index in [1.54, 1.807) is 6.07 Å². The summed E-state index contributed by atoms with van der Waals surface area (Å²) in [4.78, 5) is 12.1. The van der Waals surface area contributed by atoms with E-state index in [1.165, 1.54) is 0 Å². The molecule has 1 atom stereocenters. The van der Waals surface area contributed by atoms with Crippen LogP contribution in [0.4, 0.5) is 0 Å². The highest BCUT2D eigenvalue weighted by Gasteiger charge is 2.20. The summed E-state index contributed by atoms with van der Waals surface area (Å²) in [5.41, 5.74) is 3.54. The molecule has 3 aromatic rings. The summed E-state index contributed by atoms with van der Waals surface area (Å²) in [6.07, 6.45) is 1.27. The standard InChI is InChI=1S/C23H23NO5/c1-3-26-20-7-4-16(5-8-20)11-23(25)27-14-19-13-22(29-24-19)17-6-9-21-18(12-17)10-15(2)28-21/h4-9,12-13,15H,3,10-11,14H2,1-2H3. The van der Waals surface area contributed by atoms with E-state index in [0.29, 0.717) is 18.1 Å². The second-order valence-corrected chi connectivity index (χ2v) is 7.05. The van der Waals surface area contributed by atoms with E-state index in [2.05, 4.69) is 11.2 Å². The van der Waals surface area contributed by atoms with Crippen molar-refractivity contribution in [2.45, 2.75) is 39.4 Å². The third-order valence-corrected chi connectivity index (χ3v) is 4.70. The van der Waals surface area contributed by atoms with Gasteiger partial charge in [-0.05, 0) is 55.3 Å². The van der Waals surface area contributed by atoms with E-state index < -0.39 is 0 Å². The lowest BCUT2D eigenvalue weighted by molar-refractivity contribution is -0.144. The van der Waals surface area contributed by atoms with Crippen LogP contribution in [0, 0.1) is 0 Å². The Labute approximate surface area is 169 Å². The third kappa shape index (κ3) is 4.59. The Morgan fingerprint density at radius 1 is 1.17 bits per heavy atom. The van der Waals surface area contributed by atoms with Crippen molar-refractivity contribution in [3.05, 3.63) is 65.4 Å². The molecule has 0 amide bonds. The number of rotatable bonds is 7. The average molecular weight is 393 g/mol. The summed E-state index contributed by atoms with van der Waals surface area (Å²) in [5.74, 6) is 2.03. The second kappa shape index (κ2) is 8.39. The van der Waals surface area contributed by atoms with Crippen molar-refractivity contribution in [1.82, 2.24) is 5.16 Å². The van der Waals surface area contributed by atoms with Crippen LogP contribution in [-0.4, -0.2) is 23.8 Å². The zero-order valence-electron chi connectivity index (χ0n) is 16.5. The molecule has 0 fully saturated rings. The number of esters is 1. The van der Waals surface area contributed by atoms with Gasteiger partial charge in [-0.3, -0.25) is 4.79 Å². The number of hydrogen-bond donors (Lipinski definition) is 0. The molecule has 0 radical (unpaired) electrons. The van der Waals surface area contributed by atoms with Gasteiger partial charge >= 0.3 is 5.97 Å². The molecule has 0 aliphatic carbocycles. The maximum Gasteiger partial charge on any atom is 0.310 e. The molecule has 0 saturated heterocycles. The van der Waals surface area contributed by atoms with Gasteiger partial charge in [-0.25, -0.2) is 0 Å². The van der Waals surface area contributed by atoms with Crippen LogP contribution in [0.1, 0.15) is 30.7 Å². The zero-order valence-corrected chi connectivity index (χ0v) is 16.5. The van der Waals surface area contributed by atoms with E-state index in [9.17, 15) is 4.79 Å². The Morgan fingerprint density at radius 3 is 2.79 bits per heavy atom. The summed E-state index contributed by atoms with van der Waals surface area (Å²) in [5, 5.41) is 4.01. The molecule has 4 rings (SSSR count). The lowest BCUT2D eigenvalue weighted by atomic mass is 10.1. The number of benzene rings is 2. The number of fused-ring (bicyclic) bond motifs is 1. The smallest absolute Gasteiger partial charge is 0.310 e. The first-order valence-electron chi connectivity index (χ1n) is 9.73. The van der Waals surface area contributed by atoms with Crippen LogP contribution in [0.15, 0.2) is 53.1 Å². The molecule has 0 bridgehead atoms. The number of ether oxygens (including phenoxy) is 3. The first-order valence-corrected chi connectivity index (χ1v) is 9.73. The normalized spacial score (nSPS) is 14.9. The fourth-order valence-electron chi connectivity index (χ4n) is 3.33. The molecule has 1 aliphatic heterocycles. The van der Waals surface area contributed by atoms with Crippen molar-refractivity contribution in [1.29, 1.82) is 0 Å². The monoisotopic (exact) mass is 393 g/mol. The minimum atomic E-state index is -0.317. The minimum Gasteiger partial charge on any atom is -0.494 e. The topological polar surface area (TPSA) is 70.8 Å². The van der Waals surface area contributed by atoms with E-state index in [4.69, 9.17) is 18.7 Å². The first-order chi connectivity index (χ1) is 14.1. The summed E-state index contributed by atoms with van der Waals surface area (Å²) in [6.45, 7) is 4.66. The summed E-state index contributed by atoms with van der Waals surface area (Å²) in [6, 6.07) is 15.2. The largest absolute Gasteiger partial charge is 0.494 e.